The van der Waals surface area contributed by atoms with Gasteiger partial charge in [0.1, 0.15) is 24.0 Å². The molecule has 1 amide bonds. The van der Waals surface area contributed by atoms with Gasteiger partial charge in [0.2, 0.25) is 5.88 Å². The number of hydrogen-bond acceptors (Lipinski definition) is 13. The smallest absolute Gasteiger partial charge is 0.297 e. The topological polar surface area (TPSA) is 184 Å². The number of aromatic amines is 1. The van der Waals surface area contributed by atoms with Crippen molar-refractivity contribution in [3.63, 3.8) is 0 Å². The summed E-state index contributed by atoms with van der Waals surface area (Å²) in [5, 5.41) is 16.3. The lowest BCUT2D eigenvalue weighted by atomic mass is 9.59. The summed E-state index contributed by atoms with van der Waals surface area (Å²) in [6, 6.07) is 21.2. The fourth-order valence-electron chi connectivity index (χ4n) is 11.1. The number of carbonyl (C=O) groups excluding carboxylic acids is 1. The first-order chi connectivity index (χ1) is 32.1. The van der Waals surface area contributed by atoms with Crippen LogP contribution in [0.2, 0.25) is 0 Å². The average Bonchev–Trinajstić information content (AvgIpc) is 3.98. The first kappa shape index (κ1) is 44.9. The van der Waals surface area contributed by atoms with Gasteiger partial charge >= 0.3 is 0 Å². The largest absolute Gasteiger partial charge is 0.489 e. The van der Waals surface area contributed by atoms with E-state index in [4.69, 9.17) is 19.2 Å². The summed E-state index contributed by atoms with van der Waals surface area (Å²) >= 11 is 0. The summed E-state index contributed by atoms with van der Waals surface area (Å²) in [7, 11) is -4.66. The molecule has 354 valence electrons. The second-order valence-electron chi connectivity index (χ2n) is 19.7. The number of nitrogens with one attached hydrogen (secondary N) is 3. The molecule has 67 heavy (non-hydrogen) atoms. The van der Waals surface area contributed by atoms with Crippen LogP contribution in [0, 0.1) is 15.5 Å². The quantitative estimate of drug-likeness (QED) is 0.0797. The number of nitro groups is 1. The Kier molecular flexibility index (Phi) is 11.8. The number of fused-ring (bicyclic) bond motifs is 3. The highest BCUT2D eigenvalue weighted by molar-refractivity contribution is 7.90. The number of carbonyl (C=O) groups is 1. The molecule has 0 bridgehead atoms. The van der Waals surface area contributed by atoms with Gasteiger partial charge in [0.15, 0.2) is 11.4 Å². The first-order valence-electron chi connectivity index (χ1n) is 23.7. The van der Waals surface area contributed by atoms with Crippen molar-refractivity contribution >= 4 is 55.4 Å². The lowest BCUT2D eigenvalue weighted by Gasteiger charge is -2.56. The van der Waals surface area contributed by atoms with Crippen LogP contribution >= 0.6 is 0 Å². The normalized spacial score (nSPS) is 21.7. The van der Waals surface area contributed by atoms with Crippen LogP contribution in [0.25, 0.3) is 11.0 Å². The number of ether oxygens (including phenoxy) is 3. The molecular formula is C50H60N8O8S. The van der Waals surface area contributed by atoms with E-state index < -0.39 is 37.5 Å². The van der Waals surface area contributed by atoms with Crippen LogP contribution in [0.15, 0.2) is 77.8 Å². The average molecular weight is 933 g/mol. The number of sulfonamides is 1. The number of hydrogen-bond donors (Lipinski definition) is 3. The van der Waals surface area contributed by atoms with Gasteiger partial charge < -0.3 is 34.3 Å². The SMILES string of the molecule is CC(C)OC[C@H]1COc2cc(S(=O)(=O)NC(=O)c3ccc(N4CCC5(CC4)CC(N4CCC[C@H]4c4ccccc4C(C)C)C5)cc3N3C[C@@H](C)Oc4nc5[nH]ccc5cc43)cc([N+](=O)[O-])c2N1. The molecule has 16 nitrogen and oxygen atoms in total. The molecule has 2 aromatic heterocycles. The van der Waals surface area contributed by atoms with Crippen LogP contribution < -0.4 is 29.3 Å². The Balaban J connectivity index is 0.911. The van der Waals surface area contributed by atoms with E-state index in [1.54, 1.807) is 12.3 Å². The van der Waals surface area contributed by atoms with E-state index >= 15 is 0 Å². The molecule has 3 atom stereocenters. The maximum Gasteiger partial charge on any atom is 0.297 e. The van der Waals surface area contributed by atoms with Crippen molar-refractivity contribution in [3.8, 4) is 11.6 Å². The van der Waals surface area contributed by atoms with Crippen LogP contribution in [0.5, 0.6) is 11.6 Å². The summed E-state index contributed by atoms with van der Waals surface area (Å²) in [6.07, 6.45) is 8.37. The number of aromatic nitrogens is 2. The van der Waals surface area contributed by atoms with Gasteiger partial charge in [-0.05, 0) is 119 Å². The van der Waals surface area contributed by atoms with E-state index in [0.717, 1.165) is 49.6 Å². The zero-order chi connectivity index (χ0) is 46.8. The number of likely N-dealkylation sites (tertiary alicyclic amines) is 1. The van der Waals surface area contributed by atoms with Gasteiger partial charge in [-0.25, -0.2) is 13.1 Å². The second-order valence-corrected chi connectivity index (χ2v) is 21.4. The molecule has 1 spiro atoms. The van der Waals surface area contributed by atoms with E-state index in [0.29, 0.717) is 52.9 Å². The molecule has 1 aliphatic carbocycles. The van der Waals surface area contributed by atoms with E-state index in [-0.39, 0.29) is 42.4 Å². The molecule has 2 saturated heterocycles. The minimum absolute atomic E-state index is 0.0104. The van der Waals surface area contributed by atoms with Gasteiger partial charge in [-0.15, -0.1) is 0 Å². The van der Waals surface area contributed by atoms with Gasteiger partial charge in [-0.1, -0.05) is 38.1 Å². The summed E-state index contributed by atoms with van der Waals surface area (Å²) in [5.41, 5.74) is 5.62. The van der Waals surface area contributed by atoms with Crippen molar-refractivity contribution in [1.82, 2.24) is 19.6 Å². The molecular weight excluding hydrogens is 873 g/mol. The van der Waals surface area contributed by atoms with Crippen molar-refractivity contribution in [2.45, 2.75) is 114 Å². The highest BCUT2D eigenvalue weighted by atomic mass is 32.2. The molecule has 3 fully saturated rings. The zero-order valence-electron chi connectivity index (χ0n) is 38.8. The number of benzene rings is 3. The Morgan fingerprint density at radius 3 is 2.58 bits per heavy atom. The third-order valence-electron chi connectivity index (χ3n) is 14.5. The van der Waals surface area contributed by atoms with Crippen LogP contribution in [-0.4, -0.2) is 97.8 Å². The molecule has 4 aliphatic heterocycles. The number of H-pyrrole nitrogens is 1. The van der Waals surface area contributed by atoms with E-state index in [9.17, 15) is 23.3 Å². The molecule has 17 heteroatoms. The third-order valence-corrected chi connectivity index (χ3v) is 15.8. The van der Waals surface area contributed by atoms with E-state index in [1.807, 2.05) is 49.9 Å². The number of anilines is 4. The molecule has 10 rings (SSSR count). The summed E-state index contributed by atoms with van der Waals surface area (Å²) < 4.78 is 48.2. The van der Waals surface area contributed by atoms with Crippen molar-refractivity contribution in [3.05, 3.63) is 99.7 Å². The highest BCUT2D eigenvalue weighted by Gasteiger charge is 2.50. The molecule has 5 aliphatic rings. The van der Waals surface area contributed by atoms with Crippen molar-refractivity contribution in [2.24, 2.45) is 5.41 Å². The van der Waals surface area contributed by atoms with E-state index in [1.165, 1.54) is 42.9 Å². The number of amides is 1. The van der Waals surface area contributed by atoms with Crippen molar-refractivity contribution in [1.29, 1.82) is 0 Å². The maximum atomic E-state index is 14.5. The molecule has 0 radical (unpaired) electrons. The number of nitrogens with zero attached hydrogens (tertiary/aromatic N) is 5. The Hall–Kier alpha value is -5.91. The summed E-state index contributed by atoms with van der Waals surface area (Å²) in [4.78, 5) is 40.7. The van der Waals surface area contributed by atoms with Crippen LogP contribution in [0.4, 0.5) is 28.4 Å². The molecule has 1 saturated carbocycles. The second kappa shape index (κ2) is 17.6. The molecule has 3 N–H and O–H groups in total. The minimum atomic E-state index is -4.66. The number of pyridine rings is 1. The van der Waals surface area contributed by atoms with Crippen LogP contribution in [-0.2, 0) is 14.8 Å². The third kappa shape index (κ3) is 8.65. The van der Waals surface area contributed by atoms with Crippen molar-refractivity contribution in [2.75, 3.05) is 54.5 Å². The number of rotatable bonds is 12. The highest BCUT2D eigenvalue weighted by Crippen LogP contribution is 2.54. The molecule has 6 heterocycles. The molecule has 0 unspecified atom stereocenters. The first-order valence-corrected chi connectivity index (χ1v) is 25.2. The Morgan fingerprint density at radius 1 is 1.03 bits per heavy atom. The van der Waals surface area contributed by atoms with Gasteiger partial charge in [-0.2, -0.15) is 4.98 Å². The Bertz CT molecular complexity index is 2820. The predicted octanol–water partition coefficient (Wildman–Crippen LogP) is 8.82. The molecule has 3 aromatic carbocycles. The lowest BCUT2D eigenvalue weighted by molar-refractivity contribution is -0.384. The van der Waals surface area contributed by atoms with Gasteiger partial charge in [-0.3, -0.25) is 19.8 Å². The fraction of sp³-hybridized carbons (Fsp3) is 0.480. The van der Waals surface area contributed by atoms with Gasteiger partial charge in [0.05, 0.1) is 46.4 Å². The fourth-order valence-corrected chi connectivity index (χ4v) is 12.1. The maximum absolute atomic E-state index is 14.5. The monoisotopic (exact) mass is 932 g/mol. The number of piperidine rings is 1. The molecule has 5 aromatic rings. The minimum Gasteiger partial charge on any atom is -0.489 e. The lowest BCUT2D eigenvalue weighted by Crippen LogP contribution is -2.55. The number of nitro benzene ring substituents is 1. The van der Waals surface area contributed by atoms with Crippen LogP contribution in [0.3, 0.4) is 0 Å². The van der Waals surface area contributed by atoms with Gasteiger partial charge in [0, 0.05) is 54.6 Å². The van der Waals surface area contributed by atoms with Crippen LogP contribution in [0.1, 0.15) is 107 Å². The predicted molar refractivity (Wildman–Crippen MR) is 257 cm³/mol. The Labute approximate surface area is 391 Å². The van der Waals surface area contributed by atoms with E-state index in [2.05, 4.69) is 62.9 Å². The summed E-state index contributed by atoms with van der Waals surface area (Å²) in [6.45, 7) is 13.8. The standard InChI is InChI=1S/C50H60N8O8S/c1-30(2)38-9-6-7-10-39(38)41-11-8-18-56(41)36-25-50(26-36)15-19-55(20-16-50)35-12-13-40(42(22-35)57-27-32(5)66-49-44(57)21-33-14-17-51-47(33)53-49)48(59)54-67(62,63)37-23-43(58(60)61)46-45(24-37)65-29-34(52-46)28-64-31(3)4/h6-7,9-10,12-14,17,21-24,30-32,34,36,41,52H,8,11,15-16,18-20,25-29H2,1-5H3,(H,51,53)(H,54,59)/t32-,34+,41+/m1/s1. The summed E-state index contributed by atoms with van der Waals surface area (Å²) in [5.74, 6) is -0.0235. The Morgan fingerprint density at radius 2 is 1.82 bits per heavy atom. The van der Waals surface area contributed by atoms with Gasteiger partial charge in [0.25, 0.3) is 21.6 Å². The zero-order valence-corrected chi connectivity index (χ0v) is 39.6. The van der Waals surface area contributed by atoms with Crippen molar-refractivity contribution < 1.29 is 32.3 Å².